The summed E-state index contributed by atoms with van der Waals surface area (Å²) in [6.07, 6.45) is 0. The van der Waals surface area contributed by atoms with Gasteiger partial charge < -0.3 is 5.11 Å². The van der Waals surface area contributed by atoms with Crippen molar-refractivity contribution in [3.63, 3.8) is 0 Å². The number of halogens is 2. The van der Waals surface area contributed by atoms with Gasteiger partial charge >= 0.3 is 0 Å². The first-order valence-corrected chi connectivity index (χ1v) is 3.68. The zero-order valence-corrected chi connectivity index (χ0v) is 7.21. The van der Waals surface area contributed by atoms with Crippen LogP contribution in [0.5, 0.6) is 5.75 Å². The second-order valence-electron chi connectivity index (χ2n) is 1.76. The van der Waals surface area contributed by atoms with Gasteiger partial charge in [0.15, 0.2) is 0 Å². The predicted octanol–water partition coefficient (Wildman–Crippen LogP) is 2.99. The van der Waals surface area contributed by atoms with E-state index in [9.17, 15) is 0 Å². The van der Waals surface area contributed by atoms with E-state index in [-0.39, 0.29) is 10.8 Å². The molecule has 0 heterocycles. The van der Waals surface area contributed by atoms with Gasteiger partial charge in [0.1, 0.15) is 5.75 Å². The van der Waals surface area contributed by atoms with Crippen LogP contribution in [0.2, 0.25) is 10.0 Å². The van der Waals surface area contributed by atoms with Gasteiger partial charge in [-0.3, -0.25) is 0 Å². The number of hydrogen-bond acceptors (Lipinski definition) is 2. The lowest BCUT2D eigenvalue weighted by Crippen LogP contribution is -1.72. The average Bonchev–Trinajstić information content (AvgIpc) is 1.82. The fourth-order valence-electron chi connectivity index (χ4n) is 0.561. The fraction of sp³-hybridized carbons (Fsp3) is 0. The zero-order valence-electron chi connectivity index (χ0n) is 4.81. The number of rotatable bonds is 0. The second kappa shape index (κ2) is 2.91. The third-order valence-corrected chi connectivity index (χ3v) is 2.10. The SMILES string of the molecule is Oc1cc(Cl)cc(S)c1Cl. The third-order valence-electron chi connectivity index (χ3n) is 0.999. The maximum atomic E-state index is 9.02. The van der Waals surface area contributed by atoms with E-state index in [0.717, 1.165) is 0 Å². The van der Waals surface area contributed by atoms with Crippen molar-refractivity contribution in [2.75, 3.05) is 0 Å². The molecule has 4 heteroatoms. The summed E-state index contributed by atoms with van der Waals surface area (Å²) in [7, 11) is 0. The largest absolute Gasteiger partial charge is 0.506 e. The molecule has 1 N–H and O–H groups in total. The van der Waals surface area contributed by atoms with Gasteiger partial charge in [0.05, 0.1) is 5.02 Å². The average molecular weight is 195 g/mol. The van der Waals surface area contributed by atoms with Crippen LogP contribution in [0.25, 0.3) is 0 Å². The van der Waals surface area contributed by atoms with Gasteiger partial charge in [-0.25, -0.2) is 0 Å². The molecule has 0 aromatic heterocycles. The van der Waals surface area contributed by atoms with E-state index in [1.165, 1.54) is 6.07 Å². The Hall–Kier alpha value is -0.0500. The van der Waals surface area contributed by atoms with E-state index in [1.54, 1.807) is 6.07 Å². The van der Waals surface area contributed by atoms with Crippen LogP contribution in [0.3, 0.4) is 0 Å². The third kappa shape index (κ3) is 1.51. The topological polar surface area (TPSA) is 20.2 Å². The molecule has 0 bridgehead atoms. The van der Waals surface area contributed by atoms with E-state index in [4.69, 9.17) is 28.3 Å². The molecule has 0 spiro atoms. The molecule has 0 amide bonds. The lowest BCUT2D eigenvalue weighted by atomic mass is 10.3. The first-order chi connectivity index (χ1) is 4.61. The van der Waals surface area contributed by atoms with Crippen LogP contribution in [-0.2, 0) is 0 Å². The lowest BCUT2D eigenvalue weighted by Gasteiger charge is -1.99. The van der Waals surface area contributed by atoms with E-state index >= 15 is 0 Å². The summed E-state index contributed by atoms with van der Waals surface area (Å²) in [6, 6.07) is 2.93. The highest BCUT2D eigenvalue weighted by atomic mass is 35.5. The highest BCUT2D eigenvalue weighted by Gasteiger charge is 2.02. The molecule has 1 aromatic carbocycles. The molecule has 0 aliphatic heterocycles. The predicted molar refractivity (Wildman–Crippen MR) is 45.4 cm³/mol. The molecule has 1 rings (SSSR count). The fourth-order valence-corrected chi connectivity index (χ4v) is 1.21. The first kappa shape index (κ1) is 8.05. The molecular formula is C6H4Cl2OS. The number of phenolic OH excluding ortho intramolecular Hbond substituents is 1. The maximum Gasteiger partial charge on any atom is 0.136 e. The summed E-state index contributed by atoms with van der Waals surface area (Å²) in [4.78, 5) is 0.478. The van der Waals surface area contributed by atoms with Crippen molar-refractivity contribution in [3.05, 3.63) is 22.2 Å². The van der Waals surface area contributed by atoms with Crippen molar-refractivity contribution in [1.29, 1.82) is 0 Å². The second-order valence-corrected chi connectivity index (χ2v) is 3.05. The Morgan fingerprint density at radius 2 is 1.90 bits per heavy atom. The van der Waals surface area contributed by atoms with Crippen molar-refractivity contribution in [2.24, 2.45) is 0 Å². The summed E-state index contributed by atoms with van der Waals surface area (Å²) in [5.74, 6) is -0.0424. The van der Waals surface area contributed by atoms with E-state index in [1.807, 2.05) is 0 Å². The summed E-state index contributed by atoms with van der Waals surface area (Å²) < 4.78 is 0. The Morgan fingerprint density at radius 1 is 1.30 bits per heavy atom. The van der Waals surface area contributed by atoms with E-state index in [0.29, 0.717) is 9.92 Å². The van der Waals surface area contributed by atoms with Crippen LogP contribution in [0.1, 0.15) is 0 Å². The van der Waals surface area contributed by atoms with Gasteiger partial charge in [-0.15, -0.1) is 12.6 Å². The summed E-state index contributed by atoms with van der Waals surface area (Å²) in [6.45, 7) is 0. The Bertz CT molecular complexity index is 239. The summed E-state index contributed by atoms with van der Waals surface area (Å²) in [5, 5.41) is 9.67. The number of thiol groups is 1. The van der Waals surface area contributed by atoms with Crippen LogP contribution >= 0.6 is 35.8 Å². The van der Waals surface area contributed by atoms with Crippen molar-refractivity contribution >= 4 is 35.8 Å². The monoisotopic (exact) mass is 194 g/mol. The Labute approximate surface area is 74.0 Å². The maximum absolute atomic E-state index is 9.02. The Morgan fingerprint density at radius 3 is 2.40 bits per heavy atom. The minimum Gasteiger partial charge on any atom is -0.506 e. The van der Waals surface area contributed by atoms with Crippen LogP contribution in [-0.4, -0.2) is 5.11 Å². The van der Waals surface area contributed by atoms with Gasteiger partial charge in [0.2, 0.25) is 0 Å². The lowest BCUT2D eigenvalue weighted by molar-refractivity contribution is 0.474. The Balaban J connectivity index is 3.31. The van der Waals surface area contributed by atoms with E-state index in [2.05, 4.69) is 12.6 Å². The minimum atomic E-state index is -0.0424. The van der Waals surface area contributed by atoms with Crippen molar-refractivity contribution in [2.45, 2.75) is 4.90 Å². The minimum absolute atomic E-state index is 0.0424. The molecule has 0 unspecified atom stereocenters. The van der Waals surface area contributed by atoms with Crippen LogP contribution < -0.4 is 0 Å². The molecule has 54 valence electrons. The van der Waals surface area contributed by atoms with Gasteiger partial charge in [0, 0.05) is 16.0 Å². The molecule has 0 fully saturated rings. The molecular weight excluding hydrogens is 191 g/mol. The van der Waals surface area contributed by atoms with E-state index < -0.39 is 0 Å². The summed E-state index contributed by atoms with van der Waals surface area (Å²) >= 11 is 15.1. The van der Waals surface area contributed by atoms with Crippen molar-refractivity contribution in [1.82, 2.24) is 0 Å². The van der Waals surface area contributed by atoms with Gasteiger partial charge in [0.25, 0.3) is 0 Å². The molecule has 0 aliphatic rings. The quantitative estimate of drug-likeness (QED) is 0.609. The standard InChI is InChI=1S/C6H4Cl2OS/c7-3-1-4(9)6(8)5(10)2-3/h1-2,9-10H. The van der Waals surface area contributed by atoms with Crippen LogP contribution in [0.15, 0.2) is 17.0 Å². The number of benzene rings is 1. The van der Waals surface area contributed by atoms with Crippen molar-refractivity contribution in [3.8, 4) is 5.75 Å². The molecule has 0 saturated heterocycles. The number of phenols is 1. The van der Waals surface area contributed by atoms with Crippen molar-refractivity contribution < 1.29 is 5.11 Å². The first-order valence-electron chi connectivity index (χ1n) is 2.48. The molecule has 1 nitrogen and oxygen atoms in total. The Kier molecular flexibility index (Phi) is 2.34. The number of hydrogen-bond donors (Lipinski definition) is 2. The van der Waals surface area contributed by atoms with Gasteiger partial charge in [-0.1, -0.05) is 23.2 Å². The van der Waals surface area contributed by atoms with Crippen LogP contribution in [0, 0.1) is 0 Å². The molecule has 0 atom stereocenters. The smallest absolute Gasteiger partial charge is 0.136 e. The molecule has 0 aliphatic carbocycles. The molecule has 0 radical (unpaired) electrons. The zero-order chi connectivity index (χ0) is 7.72. The highest BCUT2D eigenvalue weighted by Crippen LogP contribution is 2.32. The van der Waals surface area contributed by atoms with Crippen LogP contribution in [0.4, 0.5) is 0 Å². The van der Waals surface area contributed by atoms with Gasteiger partial charge in [-0.2, -0.15) is 0 Å². The normalized spacial score (nSPS) is 9.90. The number of aromatic hydroxyl groups is 1. The molecule has 10 heavy (non-hydrogen) atoms. The molecule has 0 saturated carbocycles. The molecule has 1 aromatic rings. The highest BCUT2D eigenvalue weighted by molar-refractivity contribution is 7.80. The summed E-state index contributed by atoms with van der Waals surface area (Å²) in [5.41, 5.74) is 0. The van der Waals surface area contributed by atoms with Gasteiger partial charge in [-0.05, 0) is 6.07 Å².